The Bertz CT molecular complexity index is 3830. The second-order valence-corrected chi connectivity index (χ2v) is 32.8. The van der Waals surface area contributed by atoms with Gasteiger partial charge in [-0.3, -0.25) is 33.8 Å². The number of sulfone groups is 1. The van der Waals surface area contributed by atoms with Crippen LogP contribution >= 0.6 is 22.9 Å². The number of benzene rings is 4. The number of halogens is 4. The van der Waals surface area contributed by atoms with E-state index in [0.717, 1.165) is 131 Å². The number of aryl methyl sites for hydroxylation is 1. The average Bonchev–Trinajstić information content (AvgIpc) is 1.14. The standard InChI is InChI=1S/C76H100ClF3N10O9S2/c1-8-59(26-30-86-37-39-99-40-38-86)84-66-23-9-52(41-68(66)101(97,98)76(78,79)80)45-81-71(94)56-16-20-61(21-17-56)89-35-33-87(34-36-89)46-57-44-75(7,29-25-64(57)54-14-18-58(77)19-15-54)48-88-31-27-60(28-32-88)85-69(93)24-22-62(91)42-65(74(4,5)6)73(96)90-47-63(92)43-67(90)72(95)83-50(2)53-10-12-55(13-11-53)70-51(3)82-49-100-70/h9-21,23,41,49-50,59-60,63,65,67,84,92H,8,22,24-40,42-48H2,1-7H3,(H,81,94)(H,83,95)(H,85,93)/t50-,59-,63+,65+,67-,75?/m0/s1. The van der Waals surface area contributed by atoms with Crippen molar-refractivity contribution in [1.29, 1.82) is 0 Å². The number of likely N-dealkylation sites (tertiary alicyclic amines) is 2. The lowest BCUT2D eigenvalue weighted by Gasteiger charge is -2.44. The number of aliphatic hydroxyl groups excluding tert-OH is 1. The fraction of sp³-hybridized carbons (Fsp3) is 0.553. The summed E-state index contributed by atoms with van der Waals surface area (Å²) in [6.45, 7) is 23.5. The monoisotopic (exact) mass is 1450 g/mol. The van der Waals surface area contributed by atoms with Gasteiger partial charge in [0.2, 0.25) is 17.7 Å². The smallest absolute Gasteiger partial charge is 0.391 e. The third-order valence-electron chi connectivity index (χ3n) is 21.0. The molecule has 0 spiro atoms. The molecule has 1 aromatic heterocycles. The van der Waals surface area contributed by atoms with Gasteiger partial charge in [0.1, 0.15) is 11.8 Å². The minimum atomic E-state index is -5.73. The zero-order valence-corrected chi connectivity index (χ0v) is 61.7. The topological polar surface area (TPSA) is 226 Å². The van der Waals surface area contributed by atoms with Crippen molar-refractivity contribution in [3.05, 3.63) is 135 Å². The van der Waals surface area contributed by atoms with Crippen LogP contribution in [0, 0.1) is 23.7 Å². The number of hydrogen-bond acceptors (Lipinski definition) is 16. The van der Waals surface area contributed by atoms with E-state index >= 15 is 0 Å². The van der Waals surface area contributed by atoms with E-state index in [1.807, 2.05) is 95.6 Å². The number of carbonyl (C=O) groups is 5. The fourth-order valence-corrected chi connectivity index (χ4v) is 16.8. The Labute approximate surface area is 602 Å². The van der Waals surface area contributed by atoms with Crippen LogP contribution in [0.4, 0.5) is 24.5 Å². The van der Waals surface area contributed by atoms with E-state index in [1.54, 1.807) is 23.5 Å². The van der Waals surface area contributed by atoms with Crippen molar-refractivity contribution < 1.29 is 55.4 Å². The Kier molecular flexibility index (Phi) is 25.7. The molecule has 10 rings (SSSR count). The van der Waals surface area contributed by atoms with E-state index in [9.17, 15) is 50.7 Å². The molecule has 0 bridgehead atoms. The van der Waals surface area contributed by atoms with Gasteiger partial charge in [-0.15, -0.1) is 11.3 Å². The second kappa shape index (κ2) is 33.8. The molecule has 5 aliphatic rings. The summed E-state index contributed by atoms with van der Waals surface area (Å²) in [7, 11) is -5.73. The van der Waals surface area contributed by atoms with Crippen LogP contribution in [0.5, 0.6) is 0 Å². The summed E-state index contributed by atoms with van der Waals surface area (Å²) in [5, 5.41) is 23.6. The first-order chi connectivity index (χ1) is 48.0. The molecule has 548 valence electrons. The second-order valence-electron chi connectivity index (χ2n) is 29.6. The number of ketones is 1. The first-order valence-electron chi connectivity index (χ1n) is 35.7. The molecule has 5 heterocycles. The van der Waals surface area contributed by atoms with Gasteiger partial charge in [0.15, 0.2) is 0 Å². The fourth-order valence-electron chi connectivity index (χ4n) is 14.9. The van der Waals surface area contributed by atoms with Crippen LogP contribution in [0.25, 0.3) is 16.0 Å². The molecule has 6 atom stereocenters. The molecule has 101 heavy (non-hydrogen) atoms. The molecule has 1 unspecified atom stereocenters. The molecule has 25 heteroatoms. The zero-order valence-electron chi connectivity index (χ0n) is 59.3. The number of hydrogen-bond donors (Lipinski definition) is 5. The summed E-state index contributed by atoms with van der Waals surface area (Å²) in [6, 6.07) is 25.6. The third-order valence-corrected chi connectivity index (χ3v) is 23.7. The summed E-state index contributed by atoms with van der Waals surface area (Å²) in [6.07, 6.45) is 4.67. The first-order valence-corrected chi connectivity index (χ1v) is 38.4. The van der Waals surface area contributed by atoms with Crippen LogP contribution in [0.2, 0.25) is 5.02 Å². The molecule has 4 amide bonds. The predicted octanol–water partition coefficient (Wildman–Crippen LogP) is 11.5. The zero-order chi connectivity index (χ0) is 72.4. The maximum atomic E-state index is 14.4. The predicted molar refractivity (Wildman–Crippen MR) is 390 cm³/mol. The van der Waals surface area contributed by atoms with E-state index in [0.29, 0.717) is 43.2 Å². The highest BCUT2D eigenvalue weighted by Crippen LogP contribution is 2.45. The van der Waals surface area contributed by atoms with Crippen molar-refractivity contribution in [3.63, 3.8) is 0 Å². The van der Waals surface area contributed by atoms with Gasteiger partial charge in [0.25, 0.3) is 15.7 Å². The van der Waals surface area contributed by atoms with Gasteiger partial charge < -0.3 is 45.8 Å². The highest BCUT2D eigenvalue weighted by atomic mass is 35.5. The number of Topliss-reactive ketones (excluding diaryl/α,β-unsaturated/α-hetero) is 1. The normalized spacial score (nSPS) is 21.1. The lowest BCUT2D eigenvalue weighted by Crippen LogP contribution is -2.50. The Morgan fingerprint density at radius 2 is 1.53 bits per heavy atom. The van der Waals surface area contributed by atoms with Gasteiger partial charge >= 0.3 is 5.51 Å². The van der Waals surface area contributed by atoms with Gasteiger partial charge in [-0.1, -0.05) is 94.3 Å². The van der Waals surface area contributed by atoms with Crippen LogP contribution in [-0.4, -0.2) is 189 Å². The molecule has 19 nitrogen and oxygen atoms in total. The Morgan fingerprint density at radius 1 is 0.851 bits per heavy atom. The van der Waals surface area contributed by atoms with Crippen LogP contribution < -0.4 is 26.2 Å². The van der Waals surface area contributed by atoms with Crippen LogP contribution in [-0.2, 0) is 40.3 Å². The molecular weight excluding hydrogens is 1350 g/mol. The molecular formula is C76H100ClF3N10O9S2. The Morgan fingerprint density at radius 3 is 2.18 bits per heavy atom. The lowest BCUT2D eigenvalue weighted by atomic mass is 9.71. The number of rotatable bonds is 27. The highest BCUT2D eigenvalue weighted by molar-refractivity contribution is 7.92. The van der Waals surface area contributed by atoms with E-state index in [-0.39, 0.29) is 97.1 Å². The van der Waals surface area contributed by atoms with Crippen molar-refractivity contribution in [2.24, 2.45) is 16.7 Å². The van der Waals surface area contributed by atoms with E-state index < -0.39 is 49.6 Å². The number of carbonyl (C=O) groups excluding carboxylic acids is 5. The van der Waals surface area contributed by atoms with Crippen molar-refractivity contribution in [3.8, 4) is 10.4 Å². The number of nitrogens with one attached hydrogen (secondary N) is 4. The number of β-amino-alcohol motifs (C(OH)–C–C–N with tert-alkyl or cyclic N) is 1. The number of anilines is 2. The van der Waals surface area contributed by atoms with Crippen molar-refractivity contribution in [1.82, 2.24) is 40.5 Å². The molecule has 1 aliphatic carbocycles. The molecule has 5 N–H and O–H groups in total. The Hall–Kier alpha value is -6.77. The molecule has 4 aliphatic heterocycles. The molecule has 4 fully saturated rings. The molecule has 5 aromatic rings. The number of aliphatic hydroxyl groups is 1. The molecule has 0 saturated carbocycles. The van der Waals surface area contributed by atoms with Crippen molar-refractivity contribution >= 4 is 79.1 Å². The molecule has 4 aromatic carbocycles. The lowest BCUT2D eigenvalue weighted by molar-refractivity contribution is -0.146. The van der Waals surface area contributed by atoms with Gasteiger partial charge in [-0.25, -0.2) is 13.4 Å². The maximum Gasteiger partial charge on any atom is 0.501 e. The number of piperidine rings is 1. The van der Waals surface area contributed by atoms with E-state index in [4.69, 9.17) is 16.3 Å². The number of ether oxygens (including phenoxy) is 1. The molecule has 4 saturated heterocycles. The average molecular weight is 1450 g/mol. The van der Waals surface area contributed by atoms with Gasteiger partial charge in [-0.2, -0.15) is 13.2 Å². The van der Waals surface area contributed by atoms with E-state index in [1.165, 1.54) is 33.7 Å². The van der Waals surface area contributed by atoms with Crippen LogP contribution in [0.1, 0.15) is 151 Å². The molecule has 0 radical (unpaired) electrons. The third kappa shape index (κ3) is 20.2. The minimum Gasteiger partial charge on any atom is -0.391 e. The SMILES string of the molecule is CC[C@@H](CCN1CCOCC1)Nc1ccc(CNC(=O)c2ccc(N3CCN(CC4=C(c5ccc(Cl)cc5)CCC(C)(CN5CCC(NC(=O)CCC(=O)C[C@H](C(=O)N6C[C@H](O)C[C@H]6C(=O)N[C@@H](C)c6ccc(-c7scnc7C)cc6)C(C)(C)C)CC5)C4)CC3)cc2)cc1S(=O)(=O)C(F)(F)F. The summed E-state index contributed by atoms with van der Waals surface area (Å²) < 4.78 is 73.5. The van der Waals surface area contributed by atoms with Gasteiger partial charge in [-0.05, 0) is 146 Å². The Balaban J connectivity index is 0.672. The number of allylic oxidation sites excluding steroid dienone is 1. The van der Waals surface area contributed by atoms with E-state index in [2.05, 4.69) is 64.9 Å². The number of piperazine rings is 1. The number of thiazole rings is 1. The van der Waals surface area contributed by atoms with Gasteiger partial charge in [0, 0.05) is 145 Å². The largest absolute Gasteiger partial charge is 0.501 e. The number of aromatic nitrogens is 1. The van der Waals surface area contributed by atoms with Crippen LogP contribution in [0.15, 0.2) is 107 Å². The minimum absolute atomic E-state index is 0.000620. The van der Waals surface area contributed by atoms with Gasteiger partial charge in [0.05, 0.1) is 52.0 Å². The summed E-state index contributed by atoms with van der Waals surface area (Å²) in [4.78, 5) is 84.5. The van der Waals surface area contributed by atoms with Crippen molar-refractivity contribution in [2.75, 3.05) is 102 Å². The summed E-state index contributed by atoms with van der Waals surface area (Å²) in [5.74, 6) is -2.36. The first kappa shape index (κ1) is 76.9. The summed E-state index contributed by atoms with van der Waals surface area (Å²) in [5.41, 5.74) is 3.85. The highest BCUT2D eigenvalue weighted by Gasteiger charge is 2.49. The number of morpholine rings is 1. The number of nitrogens with zero attached hydrogens (tertiary/aromatic N) is 6. The van der Waals surface area contributed by atoms with Crippen LogP contribution in [0.3, 0.4) is 0 Å². The quantitative estimate of drug-likeness (QED) is 0.0330. The number of amides is 4. The van der Waals surface area contributed by atoms with Crippen molar-refractivity contribution in [2.45, 2.75) is 166 Å². The number of alkyl halides is 3. The maximum absolute atomic E-state index is 14.4. The summed E-state index contributed by atoms with van der Waals surface area (Å²) >= 11 is 7.96.